The molecule has 0 radical (unpaired) electrons. The molecule has 2 aliphatic rings. The molecule has 0 spiro atoms. The lowest BCUT2D eigenvalue weighted by molar-refractivity contribution is -0.336. The fourth-order valence-electron chi connectivity index (χ4n) is 4.93. The van der Waals surface area contributed by atoms with Crippen LogP contribution in [0.2, 0.25) is 0 Å². The second-order valence-corrected chi connectivity index (χ2v) is 9.95. The quantitative estimate of drug-likeness (QED) is 0.236. The molecule has 7 N–H and O–H groups in total. The highest BCUT2D eigenvalue weighted by molar-refractivity contribution is 5.81. The molecule has 0 bridgehead atoms. The van der Waals surface area contributed by atoms with Crippen LogP contribution in [0.5, 0.6) is 11.5 Å². The number of aliphatic hydroxyl groups is 5. The van der Waals surface area contributed by atoms with Gasteiger partial charge in [0, 0.05) is 23.3 Å². The molecule has 0 unspecified atom stereocenters. The summed E-state index contributed by atoms with van der Waals surface area (Å²) in [6, 6.07) is 9.81. The molecule has 10 atom stereocenters. The lowest BCUT2D eigenvalue weighted by Gasteiger charge is -2.46. The summed E-state index contributed by atoms with van der Waals surface area (Å²) in [5, 5.41) is 72.5. The number of phenolic OH excluding ortho intramolecular Hbond substituents is 2. The molecule has 5 rings (SSSR count). The number of hydrogen-bond acceptors (Lipinski definition) is 12. The minimum Gasteiger partial charge on any atom is -0.508 e. The third-order valence-electron chi connectivity index (χ3n) is 7.26. The van der Waals surface area contributed by atoms with Crippen molar-refractivity contribution in [2.24, 2.45) is 0 Å². The van der Waals surface area contributed by atoms with Crippen LogP contribution in [-0.4, -0.2) is 90.9 Å². The van der Waals surface area contributed by atoms with Gasteiger partial charge in [-0.3, -0.25) is 4.79 Å². The zero-order valence-electron chi connectivity index (χ0n) is 21.0. The summed E-state index contributed by atoms with van der Waals surface area (Å²) < 4.78 is 23.0. The summed E-state index contributed by atoms with van der Waals surface area (Å²) in [7, 11) is 0. The highest BCUT2D eigenvalue weighted by atomic mass is 16.7. The van der Waals surface area contributed by atoms with Gasteiger partial charge >= 0.3 is 0 Å². The Morgan fingerprint density at radius 3 is 2.10 bits per heavy atom. The molecule has 0 aliphatic carbocycles. The van der Waals surface area contributed by atoms with Crippen LogP contribution in [0.4, 0.5) is 0 Å². The van der Waals surface area contributed by atoms with E-state index >= 15 is 0 Å². The SMILES string of the molecule is C[C@@H]1O[C@@H](O[C@H]2[C@H](O)[C@H](O)[C@H](C)O[C@@H]2c2cc3c(=O)cc(-c4ccc(O)cc4)oc3cc2O)[C@H](O)[C@H](O)[C@H]1O. The van der Waals surface area contributed by atoms with Crippen LogP contribution >= 0.6 is 0 Å². The van der Waals surface area contributed by atoms with E-state index in [1.54, 1.807) is 12.1 Å². The van der Waals surface area contributed by atoms with Gasteiger partial charge in [-0.1, -0.05) is 0 Å². The van der Waals surface area contributed by atoms with Crippen LogP contribution in [0.1, 0.15) is 25.5 Å². The van der Waals surface area contributed by atoms with E-state index < -0.39 is 66.7 Å². The molecule has 1 aromatic heterocycles. The van der Waals surface area contributed by atoms with Crippen molar-refractivity contribution in [1.82, 2.24) is 0 Å². The first-order valence-corrected chi connectivity index (χ1v) is 12.4. The zero-order valence-corrected chi connectivity index (χ0v) is 21.0. The Hall–Kier alpha value is -3.07. The fourth-order valence-corrected chi connectivity index (χ4v) is 4.93. The van der Waals surface area contributed by atoms with Crippen molar-refractivity contribution in [2.75, 3.05) is 0 Å². The molecule has 12 heteroatoms. The molecule has 3 aromatic rings. The van der Waals surface area contributed by atoms with Crippen molar-refractivity contribution >= 4 is 11.0 Å². The molecule has 2 aromatic carbocycles. The average Bonchev–Trinajstić information content (AvgIpc) is 2.90. The van der Waals surface area contributed by atoms with Gasteiger partial charge in [-0.05, 0) is 44.2 Å². The number of aromatic hydroxyl groups is 2. The topological polar surface area (TPSA) is 200 Å². The molecule has 210 valence electrons. The predicted octanol–water partition coefficient (Wildman–Crippen LogP) is 0.265. The summed E-state index contributed by atoms with van der Waals surface area (Å²) in [6.45, 7) is 2.96. The first-order chi connectivity index (χ1) is 18.5. The molecular formula is C27H30O12. The second-order valence-electron chi connectivity index (χ2n) is 9.95. The minimum atomic E-state index is -1.70. The molecular weight excluding hydrogens is 516 g/mol. The van der Waals surface area contributed by atoms with E-state index in [9.17, 15) is 40.5 Å². The summed E-state index contributed by atoms with van der Waals surface area (Å²) in [5.74, 6) is -0.113. The van der Waals surface area contributed by atoms with E-state index in [-0.39, 0.29) is 33.8 Å². The van der Waals surface area contributed by atoms with E-state index in [0.717, 1.165) is 0 Å². The van der Waals surface area contributed by atoms with Gasteiger partial charge in [-0.2, -0.15) is 0 Å². The van der Waals surface area contributed by atoms with Crippen LogP contribution in [-0.2, 0) is 14.2 Å². The second kappa shape index (κ2) is 10.5. The van der Waals surface area contributed by atoms with Crippen molar-refractivity contribution in [3.05, 3.63) is 58.3 Å². The van der Waals surface area contributed by atoms with Crippen molar-refractivity contribution in [2.45, 2.75) is 75.1 Å². The highest BCUT2D eigenvalue weighted by Gasteiger charge is 2.50. The number of rotatable bonds is 4. The smallest absolute Gasteiger partial charge is 0.193 e. The van der Waals surface area contributed by atoms with Crippen LogP contribution in [0.25, 0.3) is 22.3 Å². The minimum absolute atomic E-state index is 0.0360. The Kier molecular flexibility index (Phi) is 7.39. The van der Waals surface area contributed by atoms with Crippen molar-refractivity contribution < 1.29 is 54.4 Å². The van der Waals surface area contributed by atoms with Gasteiger partial charge in [-0.25, -0.2) is 0 Å². The third kappa shape index (κ3) is 5.01. The third-order valence-corrected chi connectivity index (χ3v) is 7.26. The predicted molar refractivity (Wildman–Crippen MR) is 134 cm³/mol. The maximum atomic E-state index is 13.1. The number of fused-ring (bicyclic) bond motifs is 1. The van der Waals surface area contributed by atoms with Crippen molar-refractivity contribution in [3.63, 3.8) is 0 Å². The molecule has 12 nitrogen and oxygen atoms in total. The van der Waals surface area contributed by atoms with Gasteiger partial charge < -0.3 is 54.4 Å². The van der Waals surface area contributed by atoms with E-state index in [0.29, 0.717) is 5.56 Å². The maximum Gasteiger partial charge on any atom is 0.193 e. The Morgan fingerprint density at radius 2 is 1.41 bits per heavy atom. The molecule has 2 fully saturated rings. The van der Waals surface area contributed by atoms with Crippen LogP contribution in [0.15, 0.2) is 51.7 Å². The molecule has 2 saturated heterocycles. The van der Waals surface area contributed by atoms with Crippen molar-refractivity contribution in [3.8, 4) is 22.8 Å². The maximum absolute atomic E-state index is 13.1. The lowest BCUT2D eigenvalue weighted by atomic mass is 9.90. The first kappa shape index (κ1) is 27.5. The van der Waals surface area contributed by atoms with E-state index in [4.69, 9.17) is 18.6 Å². The molecule has 3 heterocycles. The van der Waals surface area contributed by atoms with Crippen LogP contribution < -0.4 is 5.43 Å². The van der Waals surface area contributed by atoms with Crippen molar-refractivity contribution in [1.29, 1.82) is 0 Å². The number of hydrogen-bond donors (Lipinski definition) is 7. The van der Waals surface area contributed by atoms with Gasteiger partial charge in [0.1, 0.15) is 65.6 Å². The molecule has 2 aliphatic heterocycles. The van der Waals surface area contributed by atoms with Gasteiger partial charge in [-0.15, -0.1) is 0 Å². The monoisotopic (exact) mass is 546 g/mol. The summed E-state index contributed by atoms with van der Waals surface area (Å²) in [5.41, 5.74) is 0.178. The number of aliphatic hydroxyl groups excluding tert-OH is 5. The van der Waals surface area contributed by atoms with Crippen LogP contribution in [0.3, 0.4) is 0 Å². The summed E-state index contributed by atoms with van der Waals surface area (Å²) in [4.78, 5) is 13.1. The van der Waals surface area contributed by atoms with Gasteiger partial charge in [0.15, 0.2) is 11.7 Å². The van der Waals surface area contributed by atoms with Gasteiger partial charge in [0.2, 0.25) is 0 Å². The van der Waals surface area contributed by atoms with E-state index in [1.165, 1.54) is 44.2 Å². The zero-order chi connectivity index (χ0) is 28.2. The molecule has 0 amide bonds. The standard InChI is InChI=1S/C27H30O12/c1-10-21(32)23(34)26(39-27-24(35)22(33)20(31)11(2)37-27)25(36-10)15-7-14-16(29)8-18(38-19(14)9-17(15)30)12-3-5-13(28)6-4-12/h3-11,20-28,30-35H,1-2H3/t10-,11-,20-,21+,22+,23+,24+,25+,26-,27-/m0/s1. The van der Waals surface area contributed by atoms with Gasteiger partial charge in [0.05, 0.1) is 17.6 Å². The first-order valence-electron chi connectivity index (χ1n) is 12.4. The van der Waals surface area contributed by atoms with E-state index in [2.05, 4.69) is 0 Å². The number of ether oxygens (including phenoxy) is 3. The Balaban J connectivity index is 1.53. The Morgan fingerprint density at radius 1 is 0.769 bits per heavy atom. The fraction of sp³-hybridized carbons (Fsp3) is 0.444. The summed E-state index contributed by atoms with van der Waals surface area (Å²) >= 11 is 0. The van der Waals surface area contributed by atoms with Gasteiger partial charge in [0.25, 0.3) is 0 Å². The molecule has 0 saturated carbocycles. The lowest BCUT2D eigenvalue weighted by Crippen LogP contribution is -2.61. The number of benzene rings is 2. The Labute approximate surface area is 221 Å². The Bertz CT molecular complexity index is 1390. The number of phenols is 2. The normalized spacial score (nSPS) is 35.3. The van der Waals surface area contributed by atoms with Crippen LogP contribution in [0, 0.1) is 0 Å². The molecule has 39 heavy (non-hydrogen) atoms. The largest absolute Gasteiger partial charge is 0.508 e. The van der Waals surface area contributed by atoms with E-state index in [1.807, 2.05) is 0 Å². The average molecular weight is 547 g/mol. The highest BCUT2D eigenvalue weighted by Crippen LogP contribution is 2.41. The summed E-state index contributed by atoms with van der Waals surface area (Å²) in [6.07, 6.45) is -13.8.